The van der Waals surface area contributed by atoms with Crippen LogP contribution in [-0.2, 0) is 12.6 Å². The molecule has 0 amide bonds. The summed E-state index contributed by atoms with van der Waals surface area (Å²) in [5.74, 6) is 0. The monoisotopic (exact) mass is 244 g/mol. The van der Waals surface area contributed by atoms with E-state index in [0.29, 0.717) is 6.42 Å². The van der Waals surface area contributed by atoms with E-state index in [1.54, 1.807) is 0 Å². The highest BCUT2D eigenvalue weighted by atomic mass is 19.4. The van der Waals surface area contributed by atoms with Crippen molar-refractivity contribution in [2.24, 2.45) is 5.73 Å². The van der Waals surface area contributed by atoms with E-state index in [9.17, 15) is 13.2 Å². The Labute approximate surface area is 98.0 Å². The van der Waals surface area contributed by atoms with Gasteiger partial charge in [0, 0.05) is 17.8 Å². The van der Waals surface area contributed by atoms with Crippen molar-refractivity contribution in [1.29, 1.82) is 0 Å². The molecule has 2 atom stereocenters. The zero-order chi connectivity index (χ0) is 12.6. The van der Waals surface area contributed by atoms with Gasteiger partial charge < -0.3 is 11.1 Å². The summed E-state index contributed by atoms with van der Waals surface area (Å²) >= 11 is 0. The lowest BCUT2D eigenvalue weighted by Gasteiger charge is -2.13. The molecule has 0 saturated heterocycles. The first kappa shape index (κ1) is 12.2. The highest BCUT2D eigenvalue weighted by Crippen LogP contribution is 2.35. The second-order valence-corrected chi connectivity index (χ2v) is 4.63. The van der Waals surface area contributed by atoms with Gasteiger partial charge in [-0.25, -0.2) is 0 Å². The van der Waals surface area contributed by atoms with Gasteiger partial charge in [-0.15, -0.1) is 0 Å². The van der Waals surface area contributed by atoms with Crippen molar-refractivity contribution in [3.8, 4) is 0 Å². The minimum absolute atomic E-state index is 0.0453. The molecule has 1 heterocycles. The van der Waals surface area contributed by atoms with Crippen LogP contribution in [0, 0.1) is 0 Å². The van der Waals surface area contributed by atoms with Gasteiger partial charge in [-0.2, -0.15) is 13.2 Å². The molecule has 17 heavy (non-hydrogen) atoms. The maximum atomic E-state index is 12.5. The van der Waals surface area contributed by atoms with Crippen LogP contribution < -0.4 is 11.1 Å². The first-order chi connectivity index (χ1) is 7.86. The number of fused-ring (bicyclic) bond motifs is 1. The van der Waals surface area contributed by atoms with Crippen molar-refractivity contribution in [2.45, 2.75) is 38.0 Å². The zero-order valence-electron chi connectivity index (χ0n) is 9.51. The minimum Gasteiger partial charge on any atom is -0.382 e. The summed E-state index contributed by atoms with van der Waals surface area (Å²) < 4.78 is 37.6. The molecule has 0 bridgehead atoms. The number of benzene rings is 1. The first-order valence-electron chi connectivity index (χ1n) is 5.58. The highest BCUT2D eigenvalue weighted by molar-refractivity contribution is 5.58. The highest BCUT2D eigenvalue weighted by Gasteiger charge is 2.32. The normalized spacial score (nSPS) is 20.9. The van der Waals surface area contributed by atoms with Gasteiger partial charge in [0.25, 0.3) is 0 Å². The van der Waals surface area contributed by atoms with Gasteiger partial charge in [0.15, 0.2) is 0 Å². The Bertz CT molecular complexity index is 413. The number of hydrogen-bond acceptors (Lipinski definition) is 2. The van der Waals surface area contributed by atoms with Gasteiger partial charge in [0.05, 0.1) is 5.56 Å². The summed E-state index contributed by atoms with van der Waals surface area (Å²) in [6.45, 7) is 1.89. The van der Waals surface area contributed by atoms with Gasteiger partial charge in [-0.1, -0.05) is 0 Å². The van der Waals surface area contributed by atoms with Crippen LogP contribution in [0.3, 0.4) is 0 Å². The molecule has 5 heteroatoms. The smallest absolute Gasteiger partial charge is 0.382 e. The predicted molar refractivity (Wildman–Crippen MR) is 60.8 cm³/mol. The van der Waals surface area contributed by atoms with Crippen LogP contribution in [0.15, 0.2) is 18.2 Å². The van der Waals surface area contributed by atoms with Gasteiger partial charge in [0.2, 0.25) is 0 Å². The number of anilines is 1. The van der Waals surface area contributed by atoms with Gasteiger partial charge in [0.1, 0.15) is 0 Å². The minimum atomic E-state index is -4.27. The first-order valence-corrected chi connectivity index (χ1v) is 5.58. The number of halogens is 3. The van der Waals surface area contributed by atoms with Crippen molar-refractivity contribution in [1.82, 2.24) is 0 Å². The molecule has 0 aliphatic carbocycles. The number of alkyl halides is 3. The average Bonchev–Trinajstić information content (AvgIpc) is 2.55. The van der Waals surface area contributed by atoms with Crippen LogP contribution in [0.1, 0.15) is 24.5 Å². The fraction of sp³-hybridized carbons (Fsp3) is 0.500. The quantitative estimate of drug-likeness (QED) is 0.839. The van der Waals surface area contributed by atoms with Crippen LogP contribution in [0.25, 0.3) is 0 Å². The summed E-state index contributed by atoms with van der Waals surface area (Å²) in [6, 6.07) is 4.03. The molecule has 2 unspecified atom stereocenters. The fourth-order valence-electron chi connectivity index (χ4n) is 2.21. The molecule has 94 valence electrons. The summed E-state index contributed by atoms with van der Waals surface area (Å²) in [5.41, 5.74) is 6.62. The third-order valence-electron chi connectivity index (χ3n) is 2.91. The Morgan fingerprint density at radius 2 is 2.18 bits per heavy atom. The molecule has 3 N–H and O–H groups in total. The molecular formula is C12H15F3N2. The molecule has 0 saturated carbocycles. The molecule has 1 aromatic rings. The van der Waals surface area contributed by atoms with Crippen molar-refractivity contribution in [3.63, 3.8) is 0 Å². The second kappa shape index (κ2) is 4.22. The van der Waals surface area contributed by atoms with Gasteiger partial charge >= 0.3 is 6.18 Å². The lowest BCUT2D eigenvalue weighted by Crippen LogP contribution is -2.26. The fourth-order valence-corrected chi connectivity index (χ4v) is 2.21. The maximum Gasteiger partial charge on any atom is 0.416 e. The summed E-state index contributed by atoms with van der Waals surface area (Å²) in [7, 11) is 0. The van der Waals surface area contributed by atoms with E-state index in [-0.39, 0.29) is 12.1 Å². The van der Waals surface area contributed by atoms with Gasteiger partial charge in [-0.3, -0.25) is 0 Å². The molecule has 2 rings (SSSR count). The van der Waals surface area contributed by atoms with Crippen molar-refractivity contribution >= 4 is 5.69 Å². The molecular weight excluding hydrogens is 229 g/mol. The number of rotatable bonds is 2. The lowest BCUT2D eigenvalue weighted by molar-refractivity contribution is -0.137. The van der Waals surface area contributed by atoms with Gasteiger partial charge in [-0.05, 0) is 43.5 Å². The molecule has 0 fully saturated rings. The Balaban J connectivity index is 2.17. The average molecular weight is 244 g/mol. The lowest BCUT2D eigenvalue weighted by atomic mass is 10.0. The van der Waals surface area contributed by atoms with E-state index in [1.807, 2.05) is 6.92 Å². The largest absolute Gasteiger partial charge is 0.416 e. The molecule has 0 radical (unpaired) electrons. The molecule has 1 aliphatic rings. The molecule has 1 aliphatic heterocycles. The number of nitrogens with two attached hydrogens (primary N) is 1. The van der Waals surface area contributed by atoms with E-state index in [4.69, 9.17) is 5.73 Å². The number of hydrogen-bond donors (Lipinski definition) is 2. The van der Waals surface area contributed by atoms with E-state index in [1.165, 1.54) is 12.1 Å². The third-order valence-corrected chi connectivity index (χ3v) is 2.91. The standard InChI is InChI=1S/C12H15F3N2/c1-7(16)4-10-6-8-5-9(12(13,14)15)2-3-11(8)17-10/h2-3,5,7,10,17H,4,6,16H2,1H3. The van der Waals surface area contributed by atoms with Crippen LogP contribution >= 0.6 is 0 Å². The van der Waals surface area contributed by atoms with Crippen molar-refractivity contribution in [2.75, 3.05) is 5.32 Å². The summed E-state index contributed by atoms with van der Waals surface area (Å²) in [5, 5.41) is 3.20. The molecule has 1 aromatic carbocycles. The predicted octanol–water partition coefficient (Wildman–Crippen LogP) is 2.78. The van der Waals surface area contributed by atoms with Crippen LogP contribution in [-0.4, -0.2) is 12.1 Å². The Morgan fingerprint density at radius 3 is 2.76 bits per heavy atom. The summed E-state index contributed by atoms with van der Waals surface area (Å²) in [6.07, 6.45) is -2.90. The van der Waals surface area contributed by atoms with E-state index in [2.05, 4.69) is 5.32 Å². The maximum absolute atomic E-state index is 12.5. The Hall–Kier alpha value is -1.23. The van der Waals surface area contributed by atoms with Crippen LogP contribution in [0.2, 0.25) is 0 Å². The third kappa shape index (κ3) is 2.72. The number of nitrogens with one attached hydrogen (secondary N) is 1. The molecule has 2 nitrogen and oxygen atoms in total. The Morgan fingerprint density at radius 1 is 1.47 bits per heavy atom. The van der Waals surface area contributed by atoms with Crippen molar-refractivity contribution in [3.05, 3.63) is 29.3 Å². The zero-order valence-corrected chi connectivity index (χ0v) is 9.51. The van der Waals surface area contributed by atoms with E-state index < -0.39 is 11.7 Å². The van der Waals surface area contributed by atoms with E-state index in [0.717, 1.165) is 23.7 Å². The van der Waals surface area contributed by atoms with Crippen molar-refractivity contribution < 1.29 is 13.2 Å². The van der Waals surface area contributed by atoms with Crippen LogP contribution in [0.5, 0.6) is 0 Å². The van der Waals surface area contributed by atoms with E-state index >= 15 is 0 Å². The van der Waals surface area contributed by atoms with Crippen LogP contribution in [0.4, 0.5) is 18.9 Å². The SMILES string of the molecule is CC(N)CC1Cc2cc(C(F)(F)F)ccc2N1. The second-order valence-electron chi connectivity index (χ2n) is 4.63. The Kier molecular flexibility index (Phi) is 3.03. The summed E-state index contributed by atoms with van der Waals surface area (Å²) in [4.78, 5) is 0. The topological polar surface area (TPSA) is 38.0 Å². The molecule has 0 spiro atoms. The molecule has 0 aromatic heterocycles.